The molecule has 112 valence electrons. The number of halogens is 1. The van der Waals surface area contributed by atoms with Crippen molar-refractivity contribution in [1.82, 2.24) is 15.8 Å². The van der Waals surface area contributed by atoms with Gasteiger partial charge in [-0.25, -0.2) is 0 Å². The second kappa shape index (κ2) is 6.56. The zero-order chi connectivity index (χ0) is 13.2. The van der Waals surface area contributed by atoms with E-state index in [0.29, 0.717) is 30.1 Å². The summed E-state index contributed by atoms with van der Waals surface area (Å²) in [4.78, 5) is 12.1. The Balaban J connectivity index is 0.00000147. The Morgan fingerprint density at radius 1 is 1.50 bits per heavy atom. The fourth-order valence-electron chi connectivity index (χ4n) is 3.06. The zero-order valence-corrected chi connectivity index (χ0v) is 12.2. The third kappa shape index (κ3) is 3.31. The van der Waals surface area contributed by atoms with Gasteiger partial charge in [-0.2, -0.15) is 0 Å². The van der Waals surface area contributed by atoms with Crippen molar-refractivity contribution in [2.45, 2.75) is 50.4 Å². The highest BCUT2D eigenvalue weighted by atomic mass is 35.5. The lowest BCUT2D eigenvalue weighted by Gasteiger charge is -2.29. The molecule has 2 fully saturated rings. The fourth-order valence-corrected chi connectivity index (χ4v) is 3.06. The molecule has 20 heavy (non-hydrogen) atoms. The number of hydrogen-bond donors (Lipinski definition) is 2. The summed E-state index contributed by atoms with van der Waals surface area (Å²) in [5.41, 5.74) is 0.331. The number of carbonyl (C=O) groups excluding carboxylic acids is 1. The molecular weight excluding hydrogens is 282 g/mol. The largest absolute Gasteiger partial charge is 0.377 e. The van der Waals surface area contributed by atoms with Crippen LogP contribution in [0.1, 0.15) is 41.9 Å². The number of ether oxygens (including phenoxy) is 1. The molecule has 0 spiro atoms. The lowest BCUT2D eigenvalue weighted by Crippen LogP contribution is -2.48. The smallest absolute Gasteiger partial charge is 0.273 e. The van der Waals surface area contributed by atoms with Crippen LogP contribution in [0.2, 0.25) is 0 Å². The summed E-state index contributed by atoms with van der Waals surface area (Å²) in [6, 6.07) is 3.00. The van der Waals surface area contributed by atoms with Gasteiger partial charge >= 0.3 is 0 Å². The standard InChI is InChI=1S/C13H19N3O3.ClH/c1-18-7-11-6-12(16-19-11)13(17)15-10-4-8-2-3-9(5-10)14-8;/h6,8-10,14H,2-5,7H2,1H3,(H,15,17);1H. The van der Waals surface area contributed by atoms with Crippen molar-refractivity contribution >= 4 is 18.3 Å². The van der Waals surface area contributed by atoms with Crippen molar-refractivity contribution in [3.63, 3.8) is 0 Å². The summed E-state index contributed by atoms with van der Waals surface area (Å²) in [7, 11) is 1.58. The van der Waals surface area contributed by atoms with Gasteiger partial charge in [0.2, 0.25) is 0 Å². The van der Waals surface area contributed by atoms with Gasteiger partial charge in [-0.15, -0.1) is 12.4 Å². The van der Waals surface area contributed by atoms with Gasteiger partial charge in [0.25, 0.3) is 5.91 Å². The van der Waals surface area contributed by atoms with Crippen molar-refractivity contribution in [2.24, 2.45) is 0 Å². The SMILES string of the molecule is COCc1cc(C(=O)NC2CC3CCC(C2)N3)no1.Cl. The molecule has 2 aliphatic heterocycles. The maximum absolute atomic E-state index is 12.1. The minimum atomic E-state index is -0.155. The fraction of sp³-hybridized carbons (Fsp3) is 0.692. The van der Waals surface area contributed by atoms with E-state index in [-0.39, 0.29) is 24.4 Å². The first-order chi connectivity index (χ1) is 9.24. The van der Waals surface area contributed by atoms with Crippen LogP contribution in [-0.2, 0) is 11.3 Å². The van der Waals surface area contributed by atoms with Gasteiger partial charge < -0.3 is 19.9 Å². The molecule has 0 aromatic carbocycles. The van der Waals surface area contributed by atoms with E-state index in [1.807, 2.05) is 0 Å². The zero-order valence-electron chi connectivity index (χ0n) is 11.4. The summed E-state index contributed by atoms with van der Waals surface area (Å²) < 4.78 is 9.96. The monoisotopic (exact) mass is 301 g/mol. The van der Waals surface area contributed by atoms with Crippen LogP contribution in [0.15, 0.2) is 10.6 Å². The van der Waals surface area contributed by atoms with E-state index in [4.69, 9.17) is 9.26 Å². The average molecular weight is 302 g/mol. The number of amides is 1. The van der Waals surface area contributed by atoms with Gasteiger partial charge in [-0.3, -0.25) is 4.79 Å². The summed E-state index contributed by atoms with van der Waals surface area (Å²) in [6.07, 6.45) is 4.45. The number of fused-ring (bicyclic) bond motifs is 2. The predicted molar refractivity (Wildman–Crippen MR) is 74.9 cm³/mol. The maximum atomic E-state index is 12.1. The molecule has 0 saturated carbocycles. The lowest BCUT2D eigenvalue weighted by molar-refractivity contribution is 0.0914. The molecule has 2 bridgehead atoms. The quantitative estimate of drug-likeness (QED) is 0.875. The molecule has 3 rings (SSSR count). The van der Waals surface area contributed by atoms with Crippen LogP contribution in [-0.4, -0.2) is 36.3 Å². The third-order valence-corrected chi connectivity index (χ3v) is 3.89. The number of aromatic nitrogens is 1. The summed E-state index contributed by atoms with van der Waals surface area (Å²) in [6.45, 7) is 0.331. The van der Waals surface area contributed by atoms with E-state index in [1.165, 1.54) is 12.8 Å². The van der Waals surface area contributed by atoms with E-state index in [0.717, 1.165) is 12.8 Å². The molecule has 0 radical (unpaired) electrons. The van der Waals surface area contributed by atoms with Gasteiger partial charge in [-0.05, 0) is 25.7 Å². The third-order valence-electron chi connectivity index (χ3n) is 3.89. The molecule has 2 atom stereocenters. The molecule has 3 heterocycles. The van der Waals surface area contributed by atoms with Crippen molar-refractivity contribution in [2.75, 3.05) is 7.11 Å². The maximum Gasteiger partial charge on any atom is 0.273 e. The van der Waals surface area contributed by atoms with Crippen LogP contribution in [0.25, 0.3) is 0 Å². The van der Waals surface area contributed by atoms with Crippen LogP contribution in [0, 0.1) is 0 Å². The first-order valence-corrected chi connectivity index (χ1v) is 6.76. The molecular formula is C13H20ClN3O3. The Bertz CT molecular complexity index is 453. The first kappa shape index (κ1) is 15.3. The number of carbonyl (C=O) groups is 1. The molecule has 2 saturated heterocycles. The number of rotatable bonds is 4. The molecule has 6 nitrogen and oxygen atoms in total. The predicted octanol–water partition coefficient (Wildman–Crippen LogP) is 1.26. The highest BCUT2D eigenvalue weighted by Crippen LogP contribution is 2.26. The Morgan fingerprint density at radius 2 is 2.20 bits per heavy atom. The summed E-state index contributed by atoms with van der Waals surface area (Å²) >= 11 is 0. The second-order valence-corrected chi connectivity index (χ2v) is 5.39. The van der Waals surface area contributed by atoms with E-state index >= 15 is 0 Å². The van der Waals surface area contributed by atoms with E-state index < -0.39 is 0 Å². The van der Waals surface area contributed by atoms with Gasteiger partial charge in [0.15, 0.2) is 11.5 Å². The molecule has 1 aromatic rings. The topological polar surface area (TPSA) is 76.4 Å². The van der Waals surface area contributed by atoms with Gasteiger partial charge in [0, 0.05) is 31.3 Å². The molecule has 0 aliphatic carbocycles. The van der Waals surface area contributed by atoms with Gasteiger partial charge in [0.05, 0.1) is 0 Å². The normalized spacial score (nSPS) is 27.9. The van der Waals surface area contributed by atoms with E-state index in [2.05, 4.69) is 15.8 Å². The first-order valence-electron chi connectivity index (χ1n) is 6.76. The Morgan fingerprint density at radius 3 is 2.85 bits per heavy atom. The lowest BCUT2D eigenvalue weighted by atomic mass is 10.00. The average Bonchev–Trinajstić information content (AvgIpc) is 2.97. The second-order valence-electron chi connectivity index (χ2n) is 5.39. The van der Waals surface area contributed by atoms with Crippen LogP contribution >= 0.6 is 12.4 Å². The highest BCUT2D eigenvalue weighted by molar-refractivity contribution is 5.92. The van der Waals surface area contributed by atoms with Crippen LogP contribution in [0.4, 0.5) is 0 Å². The Labute approximate surface area is 124 Å². The molecule has 2 N–H and O–H groups in total. The van der Waals surface area contributed by atoms with Crippen molar-refractivity contribution in [1.29, 1.82) is 0 Å². The molecule has 2 unspecified atom stereocenters. The molecule has 1 aromatic heterocycles. The molecule has 7 heteroatoms. The summed E-state index contributed by atoms with van der Waals surface area (Å²) in [5.74, 6) is 0.412. The van der Waals surface area contributed by atoms with Crippen LogP contribution in [0.5, 0.6) is 0 Å². The van der Waals surface area contributed by atoms with Crippen molar-refractivity contribution in [3.05, 3.63) is 17.5 Å². The number of piperidine rings is 1. The van der Waals surface area contributed by atoms with Crippen LogP contribution in [0.3, 0.4) is 0 Å². The summed E-state index contributed by atoms with van der Waals surface area (Å²) in [5, 5.41) is 10.4. The minimum absolute atomic E-state index is 0. The van der Waals surface area contributed by atoms with Crippen molar-refractivity contribution < 1.29 is 14.1 Å². The number of nitrogens with zero attached hydrogens (tertiary/aromatic N) is 1. The van der Waals surface area contributed by atoms with Crippen molar-refractivity contribution in [3.8, 4) is 0 Å². The highest BCUT2D eigenvalue weighted by Gasteiger charge is 2.34. The van der Waals surface area contributed by atoms with E-state index in [1.54, 1.807) is 13.2 Å². The molecule has 2 aliphatic rings. The number of nitrogens with one attached hydrogen (secondary N) is 2. The van der Waals surface area contributed by atoms with E-state index in [9.17, 15) is 4.79 Å². The molecule has 1 amide bonds. The number of methoxy groups -OCH3 is 1. The van der Waals surface area contributed by atoms with Gasteiger partial charge in [0.1, 0.15) is 6.61 Å². The Kier molecular flexibility index (Phi) is 5.01. The number of hydrogen-bond acceptors (Lipinski definition) is 5. The van der Waals surface area contributed by atoms with Crippen LogP contribution < -0.4 is 10.6 Å². The minimum Gasteiger partial charge on any atom is -0.377 e. The Hall–Kier alpha value is -1.11. The van der Waals surface area contributed by atoms with Gasteiger partial charge in [-0.1, -0.05) is 5.16 Å².